The highest BCUT2D eigenvalue weighted by molar-refractivity contribution is 7.92. The zero-order valence-corrected chi connectivity index (χ0v) is 26.9. The fourth-order valence-electron chi connectivity index (χ4n) is 4.32. The largest absolute Gasteiger partial charge is 0.495 e. The lowest BCUT2D eigenvalue weighted by atomic mass is 10.1. The van der Waals surface area contributed by atoms with Gasteiger partial charge < -0.3 is 15.0 Å². The monoisotopic (exact) mass is 653 g/mol. The first-order valence-electron chi connectivity index (χ1n) is 13.4. The predicted molar refractivity (Wildman–Crippen MR) is 168 cm³/mol. The number of methoxy groups -OCH3 is 1. The Morgan fingerprint density at radius 1 is 0.952 bits per heavy atom. The summed E-state index contributed by atoms with van der Waals surface area (Å²) < 4.78 is 34.2. The Morgan fingerprint density at radius 3 is 2.14 bits per heavy atom. The number of anilines is 1. The number of rotatable bonds is 13. The van der Waals surface area contributed by atoms with E-state index in [0.717, 1.165) is 9.87 Å². The lowest BCUT2D eigenvalue weighted by Crippen LogP contribution is -2.52. The van der Waals surface area contributed by atoms with Gasteiger partial charge in [-0.3, -0.25) is 13.9 Å². The van der Waals surface area contributed by atoms with Crippen molar-refractivity contribution in [1.82, 2.24) is 10.2 Å². The van der Waals surface area contributed by atoms with Gasteiger partial charge in [-0.15, -0.1) is 0 Å². The zero-order valence-electron chi connectivity index (χ0n) is 23.9. The Balaban J connectivity index is 2.13. The van der Waals surface area contributed by atoms with E-state index in [9.17, 15) is 18.0 Å². The van der Waals surface area contributed by atoms with Crippen LogP contribution in [0.2, 0.25) is 15.1 Å². The summed E-state index contributed by atoms with van der Waals surface area (Å²) in [6.07, 6.45) is 0.968. The van der Waals surface area contributed by atoms with Crippen LogP contribution in [0.15, 0.2) is 65.6 Å². The number of ether oxygens (including phenoxy) is 1. The second kappa shape index (κ2) is 15.0. The molecule has 3 aromatic rings. The summed E-state index contributed by atoms with van der Waals surface area (Å²) in [5, 5.41) is 3.63. The Kier molecular flexibility index (Phi) is 11.9. The number of nitrogens with zero attached hydrogens (tertiary/aromatic N) is 2. The van der Waals surface area contributed by atoms with E-state index in [1.54, 1.807) is 37.3 Å². The minimum atomic E-state index is -4.26. The van der Waals surface area contributed by atoms with Gasteiger partial charge in [-0.1, -0.05) is 72.4 Å². The van der Waals surface area contributed by atoms with Crippen LogP contribution in [0.25, 0.3) is 0 Å². The summed E-state index contributed by atoms with van der Waals surface area (Å²) in [5.41, 5.74) is 1.46. The molecule has 0 heterocycles. The number of sulfonamides is 1. The fourth-order valence-corrected chi connectivity index (χ4v) is 6.49. The number of nitrogens with one attached hydrogen (secondary N) is 1. The van der Waals surface area contributed by atoms with Crippen molar-refractivity contribution >= 4 is 62.3 Å². The van der Waals surface area contributed by atoms with Crippen molar-refractivity contribution in [2.45, 2.75) is 51.1 Å². The van der Waals surface area contributed by atoms with Crippen molar-refractivity contribution in [3.05, 3.63) is 86.9 Å². The van der Waals surface area contributed by atoms with Crippen LogP contribution < -0.4 is 14.4 Å². The number of hydrogen-bond donors (Lipinski definition) is 1. The van der Waals surface area contributed by atoms with Crippen molar-refractivity contribution in [3.8, 4) is 5.75 Å². The van der Waals surface area contributed by atoms with E-state index in [2.05, 4.69) is 5.32 Å². The van der Waals surface area contributed by atoms with E-state index in [-0.39, 0.29) is 34.5 Å². The van der Waals surface area contributed by atoms with Gasteiger partial charge >= 0.3 is 0 Å². The molecule has 0 radical (unpaired) electrons. The number of benzene rings is 3. The number of halogens is 3. The molecule has 1 N–H and O–H groups in total. The van der Waals surface area contributed by atoms with E-state index in [1.807, 2.05) is 13.8 Å². The smallest absolute Gasteiger partial charge is 0.264 e. The Hall–Kier alpha value is -2.98. The van der Waals surface area contributed by atoms with Crippen LogP contribution in [0.3, 0.4) is 0 Å². The van der Waals surface area contributed by atoms with Crippen LogP contribution in [0.1, 0.15) is 37.8 Å². The van der Waals surface area contributed by atoms with E-state index in [0.29, 0.717) is 34.3 Å². The summed E-state index contributed by atoms with van der Waals surface area (Å²) in [6, 6.07) is 14.8. The van der Waals surface area contributed by atoms with E-state index >= 15 is 0 Å². The average molecular weight is 655 g/mol. The Morgan fingerprint density at radius 2 is 1.60 bits per heavy atom. The summed E-state index contributed by atoms with van der Waals surface area (Å²) in [4.78, 5) is 28.7. The maximum Gasteiger partial charge on any atom is 0.264 e. The van der Waals surface area contributed by atoms with Crippen molar-refractivity contribution in [2.75, 3.05) is 24.5 Å². The van der Waals surface area contributed by atoms with Crippen LogP contribution in [0, 0.1) is 6.92 Å². The first kappa shape index (κ1) is 33.5. The van der Waals surface area contributed by atoms with Gasteiger partial charge in [0.05, 0.1) is 22.7 Å². The molecule has 1 atom stereocenters. The normalized spacial score (nSPS) is 12.0. The van der Waals surface area contributed by atoms with E-state index < -0.39 is 28.5 Å². The molecular weight excluding hydrogens is 621 g/mol. The van der Waals surface area contributed by atoms with Crippen LogP contribution >= 0.6 is 34.8 Å². The predicted octanol–water partition coefficient (Wildman–Crippen LogP) is 6.49. The van der Waals surface area contributed by atoms with Crippen LogP contribution in [-0.4, -0.2) is 51.4 Å². The molecule has 8 nitrogen and oxygen atoms in total. The molecule has 0 fully saturated rings. The van der Waals surface area contributed by atoms with Crippen LogP contribution in [-0.2, 0) is 26.2 Å². The molecule has 0 saturated carbocycles. The minimum Gasteiger partial charge on any atom is -0.495 e. The van der Waals surface area contributed by atoms with Gasteiger partial charge in [0.1, 0.15) is 18.3 Å². The molecule has 2 amide bonds. The molecule has 0 aliphatic rings. The molecule has 3 rings (SSSR count). The van der Waals surface area contributed by atoms with Gasteiger partial charge in [-0.25, -0.2) is 8.42 Å². The van der Waals surface area contributed by atoms with Crippen molar-refractivity contribution in [3.63, 3.8) is 0 Å². The van der Waals surface area contributed by atoms with E-state index in [1.165, 1.54) is 42.3 Å². The first-order chi connectivity index (χ1) is 19.9. The molecule has 0 bridgehead atoms. The third-order valence-electron chi connectivity index (χ3n) is 6.64. The quantitative estimate of drug-likeness (QED) is 0.227. The lowest BCUT2D eigenvalue weighted by Gasteiger charge is -2.33. The van der Waals surface area contributed by atoms with Crippen molar-refractivity contribution < 1.29 is 22.7 Å². The average Bonchev–Trinajstić information content (AvgIpc) is 2.96. The molecule has 3 aromatic carbocycles. The maximum atomic E-state index is 14.2. The number of carbonyl (C=O) groups is 2. The van der Waals surface area contributed by atoms with Crippen LogP contribution in [0.5, 0.6) is 5.75 Å². The topological polar surface area (TPSA) is 96.0 Å². The molecular formula is C30H34Cl3N3O5S. The molecule has 0 spiro atoms. The Labute approximate surface area is 262 Å². The summed E-state index contributed by atoms with van der Waals surface area (Å²) in [6.45, 7) is 5.21. The third kappa shape index (κ3) is 7.89. The second-order valence-corrected chi connectivity index (χ2v) is 12.7. The lowest BCUT2D eigenvalue weighted by molar-refractivity contribution is -0.140. The van der Waals surface area contributed by atoms with E-state index in [4.69, 9.17) is 39.5 Å². The molecule has 0 saturated heterocycles. The summed E-state index contributed by atoms with van der Waals surface area (Å²) in [7, 11) is -2.82. The first-order valence-corrected chi connectivity index (χ1v) is 15.9. The highest BCUT2D eigenvalue weighted by atomic mass is 35.5. The number of aryl methyl sites for hydroxylation is 1. The molecule has 0 aromatic heterocycles. The molecule has 12 heteroatoms. The number of amides is 2. The highest BCUT2D eigenvalue weighted by Crippen LogP contribution is 2.33. The molecule has 0 aliphatic carbocycles. The third-order valence-corrected chi connectivity index (χ3v) is 9.43. The maximum absolute atomic E-state index is 14.2. The molecule has 0 aliphatic heterocycles. The van der Waals surface area contributed by atoms with Gasteiger partial charge in [0.25, 0.3) is 10.0 Å². The van der Waals surface area contributed by atoms with Gasteiger partial charge in [0.15, 0.2) is 0 Å². The fraction of sp³-hybridized carbons (Fsp3) is 0.333. The zero-order chi connectivity index (χ0) is 31.0. The second-order valence-electron chi connectivity index (χ2n) is 9.58. The summed E-state index contributed by atoms with van der Waals surface area (Å²) >= 11 is 19.3. The minimum absolute atomic E-state index is 0.0127. The van der Waals surface area contributed by atoms with Gasteiger partial charge in [0, 0.05) is 28.7 Å². The SMILES string of the molecule is CCCNC(=O)[C@H](CC)N(Cc1c(Cl)cccc1Cl)C(=O)CN(c1ccc(OC)c(Cl)c1)S(=O)(=O)c1ccc(C)cc1. The number of carbonyl (C=O) groups excluding carboxylic acids is 2. The molecule has 42 heavy (non-hydrogen) atoms. The van der Waals surface area contributed by atoms with Gasteiger partial charge in [-0.05, 0) is 62.2 Å². The van der Waals surface area contributed by atoms with Crippen LogP contribution in [0.4, 0.5) is 5.69 Å². The highest BCUT2D eigenvalue weighted by Gasteiger charge is 2.34. The van der Waals surface area contributed by atoms with Gasteiger partial charge in [-0.2, -0.15) is 0 Å². The Bertz CT molecular complexity index is 1500. The van der Waals surface area contributed by atoms with Gasteiger partial charge in [0.2, 0.25) is 11.8 Å². The molecule has 0 unspecified atom stereocenters. The van der Waals surface area contributed by atoms with Crippen molar-refractivity contribution in [2.24, 2.45) is 0 Å². The van der Waals surface area contributed by atoms with Crippen molar-refractivity contribution in [1.29, 1.82) is 0 Å². The molecule has 226 valence electrons. The summed E-state index contributed by atoms with van der Waals surface area (Å²) in [5.74, 6) is -0.656. The standard InChI is InChI=1S/C30H34Cl3N3O5S/c1-5-16-34-30(38)27(6-2)35(18-23-24(31)8-7-9-25(23)32)29(37)19-36(21-12-15-28(41-4)26(33)17-21)42(39,40)22-13-10-20(3)11-14-22/h7-15,17,27H,5-6,16,18-19H2,1-4H3,(H,34,38)/t27-/m0/s1. The number of hydrogen-bond acceptors (Lipinski definition) is 5.